The largest absolute Gasteiger partial charge is 0.378 e. The van der Waals surface area contributed by atoms with Gasteiger partial charge in [0.05, 0.1) is 31.3 Å². The molecule has 0 aliphatic carbocycles. The number of hydrogen-bond acceptors (Lipinski definition) is 5. The zero-order valence-electron chi connectivity index (χ0n) is 11.9. The van der Waals surface area contributed by atoms with Crippen molar-refractivity contribution in [2.24, 2.45) is 0 Å². The van der Waals surface area contributed by atoms with Crippen molar-refractivity contribution in [1.82, 2.24) is 9.80 Å². The minimum absolute atomic E-state index is 0.0680. The van der Waals surface area contributed by atoms with Crippen LogP contribution >= 0.6 is 11.3 Å². The molecule has 2 fully saturated rings. The molecule has 1 aromatic rings. The van der Waals surface area contributed by atoms with E-state index in [1.165, 1.54) is 0 Å². The van der Waals surface area contributed by atoms with Crippen LogP contribution in [0.15, 0.2) is 17.5 Å². The lowest BCUT2D eigenvalue weighted by Crippen LogP contribution is -2.54. The van der Waals surface area contributed by atoms with Crippen LogP contribution in [0.4, 0.5) is 5.00 Å². The SMILES string of the molecule is O=C(CN1CCN(c2cccs2)C(=O)C1)N1CCOCC1. The van der Waals surface area contributed by atoms with E-state index < -0.39 is 0 Å². The Bertz CT molecular complexity index is 500. The van der Waals surface area contributed by atoms with Crippen molar-refractivity contribution in [3.05, 3.63) is 17.5 Å². The third-order valence-corrected chi connectivity index (χ3v) is 4.69. The molecule has 0 atom stereocenters. The molecule has 0 unspecified atom stereocenters. The maximum Gasteiger partial charge on any atom is 0.241 e. The van der Waals surface area contributed by atoms with E-state index in [0.717, 1.165) is 11.5 Å². The third kappa shape index (κ3) is 3.42. The zero-order valence-corrected chi connectivity index (χ0v) is 12.7. The van der Waals surface area contributed by atoms with Gasteiger partial charge in [0.25, 0.3) is 0 Å². The minimum Gasteiger partial charge on any atom is -0.378 e. The van der Waals surface area contributed by atoms with Gasteiger partial charge in [-0.05, 0) is 17.5 Å². The summed E-state index contributed by atoms with van der Waals surface area (Å²) in [6.45, 7) is 4.55. The number of carbonyl (C=O) groups is 2. The first-order chi connectivity index (χ1) is 10.2. The number of anilines is 1. The molecule has 0 saturated carbocycles. The van der Waals surface area contributed by atoms with E-state index in [4.69, 9.17) is 4.74 Å². The van der Waals surface area contributed by atoms with E-state index in [1.54, 1.807) is 16.2 Å². The van der Waals surface area contributed by atoms with E-state index in [1.807, 2.05) is 27.3 Å². The predicted molar refractivity (Wildman–Crippen MR) is 80.5 cm³/mol. The quantitative estimate of drug-likeness (QED) is 0.803. The Morgan fingerprint density at radius 1 is 1.24 bits per heavy atom. The summed E-state index contributed by atoms with van der Waals surface area (Å²) in [5.41, 5.74) is 0. The maximum absolute atomic E-state index is 12.2. The number of nitrogens with zero attached hydrogens (tertiary/aromatic N) is 3. The molecule has 2 aliphatic rings. The van der Waals surface area contributed by atoms with E-state index >= 15 is 0 Å². The first kappa shape index (κ1) is 14.5. The average Bonchev–Trinajstić information content (AvgIpc) is 3.02. The monoisotopic (exact) mass is 309 g/mol. The van der Waals surface area contributed by atoms with Gasteiger partial charge in [0, 0.05) is 26.2 Å². The van der Waals surface area contributed by atoms with Gasteiger partial charge in [-0.3, -0.25) is 14.5 Å². The molecule has 1 aromatic heterocycles. The molecule has 0 bridgehead atoms. The molecule has 0 N–H and O–H groups in total. The Morgan fingerprint density at radius 2 is 2.05 bits per heavy atom. The van der Waals surface area contributed by atoms with Crippen LogP contribution in [0.1, 0.15) is 0 Å². The highest BCUT2D eigenvalue weighted by Crippen LogP contribution is 2.23. The van der Waals surface area contributed by atoms with Gasteiger partial charge in [0.2, 0.25) is 11.8 Å². The number of hydrogen-bond donors (Lipinski definition) is 0. The summed E-state index contributed by atoms with van der Waals surface area (Å²) in [5.74, 6) is 0.161. The van der Waals surface area contributed by atoms with Crippen molar-refractivity contribution < 1.29 is 14.3 Å². The van der Waals surface area contributed by atoms with E-state index in [2.05, 4.69) is 0 Å². The summed E-state index contributed by atoms with van der Waals surface area (Å²) >= 11 is 1.57. The first-order valence-electron chi connectivity index (χ1n) is 7.16. The summed E-state index contributed by atoms with van der Waals surface area (Å²) in [7, 11) is 0. The van der Waals surface area contributed by atoms with Crippen molar-refractivity contribution in [3.8, 4) is 0 Å². The Morgan fingerprint density at radius 3 is 2.71 bits per heavy atom. The summed E-state index contributed by atoms with van der Waals surface area (Å²) in [5, 5.41) is 2.95. The molecule has 2 amide bonds. The highest BCUT2D eigenvalue weighted by Gasteiger charge is 2.28. The normalized spacial score (nSPS) is 20.9. The smallest absolute Gasteiger partial charge is 0.241 e. The second kappa shape index (κ2) is 6.55. The molecular weight excluding hydrogens is 290 g/mol. The lowest BCUT2D eigenvalue weighted by molar-refractivity contribution is -0.137. The van der Waals surface area contributed by atoms with Crippen molar-refractivity contribution in [1.29, 1.82) is 0 Å². The van der Waals surface area contributed by atoms with E-state index in [0.29, 0.717) is 45.9 Å². The van der Waals surface area contributed by atoms with Crippen LogP contribution in [0.3, 0.4) is 0 Å². The van der Waals surface area contributed by atoms with Crippen molar-refractivity contribution in [2.75, 3.05) is 57.4 Å². The van der Waals surface area contributed by atoms with E-state index in [9.17, 15) is 9.59 Å². The summed E-state index contributed by atoms with van der Waals surface area (Å²) in [6, 6.07) is 3.90. The molecule has 0 aromatic carbocycles. The van der Waals surface area contributed by atoms with Crippen molar-refractivity contribution >= 4 is 28.2 Å². The van der Waals surface area contributed by atoms with Gasteiger partial charge in [-0.1, -0.05) is 0 Å². The Hall–Kier alpha value is -1.44. The fourth-order valence-electron chi connectivity index (χ4n) is 2.62. The number of ether oxygens (including phenoxy) is 1. The number of thiophene rings is 1. The third-order valence-electron chi connectivity index (χ3n) is 3.79. The molecule has 3 rings (SSSR count). The number of piperazine rings is 1. The molecular formula is C14H19N3O3S. The second-order valence-electron chi connectivity index (χ2n) is 5.20. The molecule has 114 valence electrons. The molecule has 6 nitrogen and oxygen atoms in total. The zero-order chi connectivity index (χ0) is 14.7. The van der Waals surface area contributed by atoms with Gasteiger partial charge in [-0.2, -0.15) is 0 Å². The lowest BCUT2D eigenvalue weighted by Gasteiger charge is -2.35. The van der Waals surface area contributed by atoms with Crippen LogP contribution in [-0.2, 0) is 14.3 Å². The standard InChI is InChI=1S/C14H19N3O3S/c18-12(16-5-7-20-8-6-16)10-15-3-4-17(13(19)11-15)14-2-1-9-21-14/h1-2,9H,3-8,10-11H2. The first-order valence-corrected chi connectivity index (χ1v) is 8.04. The van der Waals surface area contributed by atoms with Crippen LogP contribution < -0.4 is 4.90 Å². The van der Waals surface area contributed by atoms with Gasteiger partial charge in [-0.25, -0.2) is 0 Å². The Labute approximate surface area is 127 Å². The summed E-state index contributed by atoms with van der Waals surface area (Å²) < 4.78 is 5.25. The molecule has 7 heteroatoms. The highest BCUT2D eigenvalue weighted by atomic mass is 32.1. The predicted octanol–water partition coefficient (Wildman–Crippen LogP) is 0.255. The van der Waals surface area contributed by atoms with E-state index in [-0.39, 0.29) is 11.8 Å². The maximum atomic E-state index is 12.2. The van der Waals surface area contributed by atoms with Gasteiger partial charge < -0.3 is 14.5 Å². The fourth-order valence-corrected chi connectivity index (χ4v) is 3.39. The number of morpholine rings is 1. The molecule has 0 radical (unpaired) electrons. The Kier molecular flexibility index (Phi) is 4.52. The lowest BCUT2D eigenvalue weighted by atomic mass is 10.3. The molecule has 2 saturated heterocycles. The van der Waals surface area contributed by atoms with Crippen LogP contribution in [0.25, 0.3) is 0 Å². The molecule has 21 heavy (non-hydrogen) atoms. The second-order valence-corrected chi connectivity index (χ2v) is 6.13. The number of rotatable bonds is 3. The van der Waals surface area contributed by atoms with Crippen LogP contribution in [0.2, 0.25) is 0 Å². The average molecular weight is 309 g/mol. The minimum atomic E-state index is 0.0680. The van der Waals surface area contributed by atoms with Crippen molar-refractivity contribution in [3.63, 3.8) is 0 Å². The summed E-state index contributed by atoms with van der Waals surface area (Å²) in [4.78, 5) is 30.0. The van der Waals surface area contributed by atoms with Crippen LogP contribution in [0.5, 0.6) is 0 Å². The van der Waals surface area contributed by atoms with Gasteiger partial charge in [0.15, 0.2) is 0 Å². The van der Waals surface area contributed by atoms with Crippen LogP contribution in [0, 0.1) is 0 Å². The van der Waals surface area contributed by atoms with Gasteiger partial charge >= 0.3 is 0 Å². The Balaban J connectivity index is 1.52. The topological polar surface area (TPSA) is 53.1 Å². The highest BCUT2D eigenvalue weighted by molar-refractivity contribution is 7.14. The number of carbonyl (C=O) groups excluding carboxylic acids is 2. The number of amides is 2. The van der Waals surface area contributed by atoms with Gasteiger partial charge in [0.1, 0.15) is 0 Å². The molecule has 3 heterocycles. The van der Waals surface area contributed by atoms with Gasteiger partial charge in [-0.15, -0.1) is 11.3 Å². The fraction of sp³-hybridized carbons (Fsp3) is 0.571. The van der Waals surface area contributed by atoms with Crippen molar-refractivity contribution in [2.45, 2.75) is 0 Å². The van der Waals surface area contributed by atoms with Crippen LogP contribution in [-0.4, -0.2) is 74.1 Å². The molecule has 0 spiro atoms. The summed E-state index contributed by atoms with van der Waals surface area (Å²) in [6.07, 6.45) is 0. The molecule has 2 aliphatic heterocycles.